The third-order valence-electron chi connectivity index (χ3n) is 1.50. The summed E-state index contributed by atoms with van der Waals surface area (Å²) < 4.78 is 0. The molecule has 0 atom stereocenters. The topological polar surface area (TPSA) is 40.7 Å². The summed E-state index contributed by atoms with van der Waals surface area (Å²) in [6.07, 6.45) is 4.60. The summed E-state index contributed by atoms with van der Waals surface area (Å²) in [5.41, 5.74) is 1.19. The predicted molar refractivity (Wildman–Crippen MR) is 47.5 cm³/mol. The van der Waals surface area contributed by atoms with Crippen molar-refractivity contribution in [3.8, 4) is 0 Å². The van der Waals surface area contributed by atoms with Crippen molar-refractivity contribution in [2.45, 2.75) is 26.3 Å². The molecule has 0 aliphatic carbocycles. The summed E-state index contributed by atoms with van der Waals surface area (Å²) in [6.45, 7) is 5.31. The highest BCUT2D eigenvalue weighted by molar-refractivity contribution is 4.94. The molecule has 0 aliphatic rings. The van der Waals surface area contributed by atoms with Crippen LogP contribution < -0.4 is 5.32 Å². The molecule has 11 heavy (non-hydrogen) atoms. The molecule has 2 N–H and O–H groups in total. The van der Waals surface area contributed by atoms with Crippen LogP contribution in [0.1, 0.15) is 21.0 Å². The van der Waals surface area contributed by atoms with Crippen LogP contribution in [0.2, 0.25) is 0 Å². The highest BCUT2D eigenvalue weighted by atomic mass is 14.9. The Kier molecular flexibility index (Phi) is 3.11. The van der Waals surface area contributed by atoms with Gasteiger partial charge in [-0.15, -0.1) is 0 Å². The molecule has 0 aromatic carbocycles. The van der Waals surface area contributed by atoms with Gasteiger partial charge >= 0.3 is 0 Å². The molecule has 1 aromatic heterocycles. The zero-order chi connectivity index (χ0) is 8.10. The molecule has 0 fully saturated rings. The Morgan fingerprint density at radius 3 is 3.09 bits per heavy atom. The number of H-pyrrole nitrogens is 1. The lowest BCUT2D eigenvalue weighted by Gasteiger charge is -2.05. The van der Waals surface area contributed by atoms with Gasteiger partial charge in [0.15, 0.2) is 0 Å². The van der Waals surface area contributed by atoms with Gasteiger partial charge in [0, 0.05) is 32.3 Å². The van der Waals surface area contributed by atoms with Gasteiger partial charge in [0.25, 0.3) is 0 Å². The van der Waals surface area contributed by atoms with E-state index < -0.39 is 0 Å². The number of aromatic nitrogens is 2. The van der Waals surface area contributed by atoms with Crippen molar-refractivity contribution in [2.75, 3.05) is 6.54 Å². The summed E-state index contributed by atoms with van der Waals surface area (Å²) in [4.78, 5) is 7.00. The molecule has 0 saturated carbocycles. The molecule has 3 heteroatoms. The second-order valence-corrected chi connectivity index (χ2v) is 2.94. The van der Waals surface area contributed by atoms with Crippen molar-refractivity contribution in [3.63, 3.8) is 0 Å². The molecule has 0 unspecified atom stereocenters. The van der Waals surface area contributed by atoms with Gasteiger partial charge in [0.2, 0.25) is 0 Å². The van der Waals surface area contributed by atoms with E-state index in [1.807, 2.05) is 6.20 Å². The average Bonchev–Trinajstić information content (AvgIpc) is 2.39. The van der Waals surface area contributed by atoms with E-state index in [1.165, 1.54) is 5.69 Å². The lowest BCUT2D eigenvalue weighted by atomic mass is 10.3. The molecular formula is C8H17N3. The highest BCUT2D eigenvalue weighted by Gasteiger charge is 1.94. The van der Waals surface area contributed by atoms with Crippen molar-refractivity contribution in [1.29, 1.82) is 0 Å². The van der Waals surface area contributed by atoms with Gasteiger partial charge in [-0.05, 0) is 0 Å². The van der Waals surface area contributed by atoms with E-state index in [-0.39, 0.29) is 1.43 Å². The predicted octanol–water partition coefficient (Wildman–Crippen LogP) is 1.20. The van der Waals surface area contributed by atoms with Crippen LogP contribution in [0.3, 0.4) is 0 Å². The minimum absolute atomic E-state index is 0. The standard InChI is InChI=1S/C8H15N3.H2/c1-7(2)10-4-3-8-5-9-6-11-8;/h5-7,10H,3-4H2,1-2H3,(H,9,11);1H. The van der Waals surface area contributed by atoms with E-state index in [0.717, 1.165) is 13.0 Å². The first kappa shape index (κ1) is 8.27. The van der Waals surface area contributed by atoms with Crippen molar-refractivity contribution in [3.05, 3.63) is 18.2 Å². The van der Waals surface area contributed by atoms with Crippen molar-refractivity contribution < 1.29 is 1.43 Å². The van der Waals surface area contributed by atoms with E-state index >= 15 is 0 Å². The largest absolute Gasteiger partial charge is 0.348 e. The van der Waals surface area contributed by atoms with Gasteiger partial charge in [0.05, 0.1) is 6.33 Å². The lowest BCUT2D eigenvalue weighted by Crippen LogP contribution is -2.24. The number of aromatic amines is 1. The Bertz CT molecular complexity index is 184. The average molecular weight is 155 g/mol. The Morgan fingerprint density at radius 2 is 2.55 bits per heavy atom. The van der Waals surface area contributed by atoms with Gasteiger partial charge in [-0.3, -0.25) is 0 Å². The first-order valence-corrected chi connectivity index (χ1v) is 3.99. The van der Waals surface area contributed by atoms with Crippen LogP contribution in [0.15, 0.2) is 12.5 Å². The van der Waals surface area contributed by atoms with Gasteiger partial charge in [-0.2, -0.15) is 0 Å². The van der Waals surface area contributed by atoms with Crippen molar-refractivity contribution >= 4 is 0 Å². The maximum Gasteiger partial charge on any atom is 0.0921 e. The zero-order valence-corrected chi connectivity index (χ0v) is 7.09. The molecular weight excluding hydrogens is 138 g/mol. The van der Waals surface area contributed by atoms with Crippen LogP contribution in [0, 0.1) is 0 Å². The summed E-state index contributed by atoms with van der Waals surface area (Å²) in [6, 6.07) is 0.568. The zero-order valence-electron chi connectivity index (χ0n) is 7.09. The fourth-order valence-electron chi connectivity index (χ4n) is 0.917. The molecule has 0 spiro atoms. The molecule has 3 nitrogen and oxygen atoms in total. The van der Waals surface area contributed by atoms with Crippen molar-refractivity contribution in [1.82, 2.24) is 15.3 Å². The van der Waals surface area contributed by atoms with Crippen LogP contribution in [0.4, 0.5) is 0 Å². The summed E-state index contributed by atoms with van der Waals surface area (Å²) in [5.74, 6) is 0. The number of imidazole rings is 1. The molecule has 0 bridgehead atoms. The maximum atomic E-state index is 3.94. The first-order chi connectivity index (χ1) is 5.29. The van der Waals surface area contributed by atoms with Gasteiger partial charge in [-0.1, -0.05) is 13.8 Å². The Morgan fingerprint density at radius 1 is 1.73 bits per heavy atom. The quantitative estimate of drug-likeness (QED) is 0.686. The highest BCUT2D eigenvalue weighted by Crippen LogP contribution is 1.90. The lowest BCUT2D eigenvalue weighted by molar-refractivity contribution is 0.588. The van der Waals surface area contributed by atoms with E-state index in [4.69, 9.17) is 0 Å². The van der Waals surface area contributed by atoms with Crippen LogP contribution in [0.25, 0.3) is 0 Å². The summed E-state index contributed by atoms with van der Waals surface area (Å²) >= 11 is 0. The Labute approximate surface area is 68.7 Å². The molecule has 0 aliphatic heterocycles. The van der Waals surface area contributed by atoms with E-state index in [1.54, 1.807) is 6.33 Å². The Balaban J connectivity index is 0.00000121. The number of hydrogen-bond donors (Lipinski definition) is 2. The smallest absolute Gasteiger partial charge is 0.0921 e. The molecule has 1 rings (SSSR count). The van der Waals surface area contributed by atoms with Crippen LogP contribution >= 0.6 is 0 Å². The monoisotopic (exact) mass is 155 g/mol. The van der Waals surface area contributed by atoms with Gasteiger partial charge < -0.3 is 10.3 Å². The van der Waals surface area contributed by atoms with Crippen LogP contribution in [-0.4, -0.2) is 22.6 Å². The van der Waals surface area contributed by atoms with E-state index in [9.17, 15) is 0 Å². The van der Waals surface area contributed by atoms with Gasteiger partial charge in [-0.25, -0.2) is 4.98 Å². The molecule has 1 heterocycles. The molecule has 1 aromatic rings. The number of nitrogens with zero attached hydrogens (tertiary/aromatic N) is 1. The summed E-state index contributed by atoms with van der Waals surface area (Å²) in [7, 11) is 0. The third-order valence-corrected chi connectivity index (χ3v) is 1.50. The van der Waals surface area contributed by atoms with Crippen LogP contribution in [-0.2, 0) is 6.42 Å². The second kappa shape index (κ2) is 4.13. The number of rotatable bonds is 4. The fourth-order valence-corrected chi connectivity index (χ4v) is 0.917. The van der Waals surface area contributed by atoms with E-state index in [2.05, 4.69) is 29.1 Å². The van der Waals surface area contributed by atoms with Crippen LogP contribution in [0.5, 0.6) is 0 Å². The molecule has 0 radical (unpaired) electrons. The van der Waals surface area contributed by atoms with E-state index in [0.29, 0.717) is 6.04 Å². The summed E-state index contributed by atoms with van der Waals surface area (Å²) in [5, 5.41) is 3.34. The second-order valence-electron chi connectivity index (χ2n) is 2.94. The number of hydrogen-bond acceptors (Lipinski definition) is 2. The normalized spacial score (nSPS) is 10.8. The molecule has 64 valence electrons. The van der Waals surface area contributed by atoms with Crippen molar-refractivity contribution in [2.24, 2.45) is 0 Å². The molecule has 0 saturated heterocycles. The minimum Gasteiger partial charge on any atom is -0.348 e. The SMILES string of the molecule is CC(C)NCCc1cnc[nH]1.[HH]. The number of nitrogens with one attached hydrogen (secondary N) is 2. The maximum absolute atomic E-state index is 3.94. The third kappa shape index (κ3) is 3.18. The van der Waals surface area contributed by atoms with Gasteiger partial charge in [0.1, 0.15) is 0 Å². The Hall–Kier alpha value is -0.830. The fraction of sp³-hybridized carbons (Fsp3) is 0.625. The molecule has 0 amide bonds. The minimum atomic E-state index is 0. The first-order valence-electron chi connectivity index (χ1n) is 3.99.